The molecule has 0 bridgehead atoms. The lowest BCUT2D eigenvalue weighted by Crippen LogP contribution is -2.35. The van der Waals surface area contributed by atoms with E-state index in [2.05, 4.69) is 12.0 Å². The van der Waals surface area contributed by atoms with Gasteiger partial charge in [0.05, 0.1) is 5.09 Å². The van der Waals surface area contributed by atoms with Gasteiger partial charge in [-0.2, -0.15) is 0 Å². The van der Waals surface area contributed by atoms with Gasteiger partial charge in [0.2, 0.25) is 6.33 Å². The van der Waals surface area contributed by atoms with Crippen LogP contribution in [0.4, 0.5) is 0 Å². The number of aryl methyl sites for hydroxylation is 1. The molecule has 8 nitrogen and oxygen atoms in total. The Hall–Kier alpha value is -1.86. The predicted molar refractivity (Wildman–Crippen MR) is 47.8 cm³/mol. The smallest absolute Gasteiger partial charge is 0.289 e. The number of nitrogens with zero attached hydrogens (tertiary/aromatic N) is 4. The molecule has 1 heterocycles. The van der Waals surface area contributed by atoms with Crippen molar-refractivity contribution in [3.05, 3.63) is 28.0 Å². The van der Waals surface area contributed by atoms with Crippen LogP contribution in [-0.4, -0.2) is 14.9 Å². The molecule has 0 radical (unpaired) electrons. The van der Waals surface area contributed by atoms with Crippen LogP contribution in [0.15, 0.2) is 12.7 Å². The summed E-state index contributed by atoms with van der Waals surface area (Å²) < 4.78 is 3.29. The van der Waals surface area contributed by atoms with Gasteiger partial charge in [0.1, 0.15) is 6.54 Å². The Morgan fingerprint density at radius 1 is 1.64 bits per heavy atom. The molecule has 1 rings (SSSR count). The van der Waals surface area contributed by atoms with Crippen LogP contribution < -0.4 is 10.5 Å². The third kappa shape index (κ3) is 6.83. The summed E-state index contributed by atoms with van der Waals surface area (Å²) in [6.07, 6.45) is 5.71. The molecule has 14 heavy (non-hydrogen) atoms. The summed E-state index contributed by atoms with van der Waals surface area (Å²) >= 11 is 0. The van der Waals surface area contributed by atoms with Gasteiger partial charge in [0.15, 0.2) is 0 Å². The molecule has 80 valence electrons. The Labute approximate surface area is 80.6 Å². The van der Waals surface area contributed by atoms with Gasteiger partial charge >= 0.3 is 0 Å². The SMILES string of the molecule is CCCC[n+]1cn(N)cn1.O=[N+]([O-])[O-]. The van der Waals surface area contributed by atoms with E-state index in [0.29, 0.717) is 0 Å². The van der Waals surface area contributed by atoms with Gasteiger partial charge in [0, 0.05) is 0 Å². The largest absolute Gasteiger partial charge is 0.356 e. The van der Waals surface area contributed by atoms with Crippen molar-refractivity contribution >= 4 is 0 Å². The highest BCUT2D eigenvalue weighted by atomic mass is 16.9. The van der Waals surface area contributed by atoms with E-state index < -0.39 is 5.09 Å². The molecule has 0 aromatic carbocycles. The molecule has 2 N–H and O–H groups in total. The van der Waals surface area contributed by atoms with Crippen LogP contribution in [0, 0.1) is 15.3 Å². The molecule has 0 saturated carbocycles. The van der Waals surface area contributed by atoms with Crippen LogP contribution >= 0.6 is 0 Å². The average molecular weight is 203 g/mol. The lowest BCUT2D eigenvalue weighted by molar-refractivity contribution is -0.752. The molecule has 0 aliphatic rings. The maximum absolute atomic E-state index is 8.25. The molecule has 0 aliphatic heterocycles. The molecule has 0 aliphatic carbocycles. The maximum atomic E-state index is 8.25. The van der Waals surface area contributed by atoms with Crippen molar-refractivity contribution in [1.82, 2.24) is 9.77 Å². The van der Waals surface area contributed by atoms with E-state index in [4.69, 9.17) is 21.2 Å². The third-order valence-corrected chi connectivity index (χ3v) is 1.34. The first kappa shape index (κ1) is 12.1. The zero-order chi connectivity index (χ0) is 11.0. The Bertz CT molecular complexity index is 270. The molecule has 1 aromatic heterocycles. The first-order chi connectivity index (χ1) is 6.56. The number of nitrogen functional groups attached to an aromatic ring is 1. The van der Waals surface area contributed by atoms with E-state index in [1.165, 1.54) is 11.1 Å². The molecule has 0 amide bonds. The normalized spacial score (nSPS) is 8.93. The van der Waals surface area contributed by atoms with Gasteiger partial charge in [-0.15, -0.1) is 9.36 Å². The fraction of sp³-hybridized carbons (Fsp3) is 0.667. The molecule has 8 heteroatoms. The first-order valence-electron chi connectivity index (χ1n) is 4.06. The van der Waals surface area contributed by atoms with Crippen molar-refractivity contribution in [2.45, 2.75) is 26.3 Å². The zero-order valence-corrected chi connectivity index (χ0v) is 7.87. The average Bonchev–Trinajstić information content (AvgIpc) is 2.47. The van der Waals surface area contributed by atoms with Crippen LogP contribution in [-0.2, 0) is 6.54 Å². The monoisotopic (exact) mass is 203 g/mol. The number of hydrogen-bond donors (Lipinski definition) is 1. The molecule has 0 saturated heterocycles. The summed E-state index contributed by atoms with van der Waals surface area (Å²) in [4.78, 5) is 8.25. The highest BCUT2D eigenvalue weighted by molar-refractivity contribution is 4.48. The van der Waals surface area contributed by atoms with Crippen molar-refractivity contribution in [1.29, 1.82) is 0 Å². The molecule has 1 aromatic rings. The lowest BCUT2D eigenvalue weighted by Gasteiger charge is -1.87. The van der Waals surface area contributed by atoms with Crippen molar-refractivity contribution < 1.29 is 9.77 Å². The number of rotatable bonds is 3. The van der Waals surface area contributed by atoms with Gasteiger partial charge in [-0.3, -0.25) is 5.84 Å². The minimum Gasteiger partial charge on any atom is -0.356 e. The van der Waals surface area contributed by atoms with E-state index in [-0.39, 0.29) is 0 Å². The number of hydrogen-bond acceptors (Lipinski definition) is 5. The quantitative estimate of drug-likeness (QED) is 0.306. The van der Waals surface area contributed by atoms with Crippen LogP contribution in [0.3, 0.4) is 0 Å². The minimum absolute atomic E-state index is 0.959. The second-order valence-electron chi connectivity index (χ2n) is 2.53. The summed E-state index contributed by atoms with van der Waals surface area (Å²) in [6.45, 7) is 3.11. The fourth-order valence-electron chi connectivity index (χ4n) is 0.775. The molecule has 0 spiro atoms. The lowest BCUT2D eigenvalue weighted by atomic mass is 10.3. The first-order valence-corrected chi connectivity index (χ1v) is 4.06. The van der Waals surface area contributed by atoms with Crippen LogP contribution in [0.25, 0.3) is 0 Å². The van der Waals surface area contributed by atoms with Crippen LogP contribution in [0.1, 0.15) is 19.8 Å². The second kappa shape index (κ2) is 6.63. The summed E-state index contributed by atoms with van der Waals surface area (Å²) in [5.74, 6) is 5.38. The molecule has 0 atom stereocenters. The Balaban J connectivity index is 0.000000364. The fourth-order valence-corrected chi connectivity index (χ4v) is 0.775. The third-order valence-electron chi connectivity index (χ3n) is 1.34. The molecular weight excluding hydrogens is 190 g/mol. The summed E-state index contributed by atoms with van der Waals surface area (Å²) in [5.41, 5.74) is 0. The van der Waals surface area contributed by atoms with E-state index in [0.717, 1.165) is 13.0 Å². The van der Waals surface area contributed by atoms with Gasteiger partial charge in [-0.25, -0.2) is 0 Å². The van der Waals surface area contributed by atoms with Crippen LogP contribution in [0.2, 0.25) is 0 Å². The maximum Gasteiger partial charge on any atom is 0.289 e. The minimum atomic E-state index is -1.75. The summed E-state index contributed by atoms with van der Waals surface area (Å²) in [5, 5.41) is 18.8. The highest BCUT2D eigenvalue weighted by Crippen LogP contribution is 1.83. The van der Waals surface area contributed by atoms with Crippen molar-refractivity contribution in [2.24, 2.45) is 0 Å². The van der Waals surface area contributed by atoms with Gasteiger partial charge in [-0.1, -0.05) is 13.3 Å². The van der Waals surface area contributed by atoms with E-state index >= 15 is 0 Å². The van der Waals surface area contributed by atoms with Crippen molar-refractivity contribution in [3.63, 3.8) is 0 Å². The number of nitrogens with two attached hydrogens (primary N) is 1. The topological polar surface area (TPSA) is 114 Å². The van der Waals surface area contributed by atoms with Crippen LogP contribution in [0.5, 0.6) is 0 Å². The predicted octanol–water partition coefficient (Wildman–Crippen LogP) is -0.555. The molecule has 0 fully saturated rings. The summed E-state index contributed by atoms with van der Waals surface area (Å²) in [6, 6.07) is 0. The van der Waals surface area contributed by atoms with E-state index in [1.807, 2.05) is 4.68 Å². The van der Waals surface area contributed by atoms with Crippen molar-refractivity contribution in [3.8, 4) is 0 Å². The number of unbranched alkanes of at least 4 members (excludes halogenated alkanes) is 1. The van der Waals surface area contributed by atoms with E-state index in [9.17, 15) is 0 Å². The van der Waals surface area contributed by atoms with E-state index in [1.54, 1.807) is 12.7 Å². The Morgan fingerprint density at radius 3 is 2.57 bits per heavy atom. The number of aromatic nitrogens is 3. The highest BCUT2D eigenvalue weighted by Gasteiger charge is 1.99. The Kier molecular flexibility index (Phi) is 5.75. The van der Waals surface area contributed by atoms with Gasteiger partial charge in [0.25, 0.3) is 6.33 Å². The second-order valence-corrected chi connectivity index (χ2v) is 2.53. The summed E-state index contributed by atoms with van der Waals surface area (Å²) in [7, 11) is 0. The zero-order valence-electron chi connectivity index (χ0n) is 7.87. The molecule has 0 unspecified atom stereocenters. The van der Waals surface area contributed by atoms with Gasteiger partial charge < -0.3 is 15.3 Å². The molecular formula is C6H13N5O3. The standard InChI is InChI=1S/C6H13N4.NO3/c1-2-3-4-10-6-9(7)5-8-10;2-1(3)4/h5-6H,2-4,7H2,1H3;/q+1;-1. The van der Waals surface area contributed by atoms with Crippen molar-refractivity contribution in [2.75, 3.05) is 5.84 Å². The van der Waals surface area contributed by atoms with Gasteiger partial charge in [-0.05, 0) is 11.5 Å². The Morgan fingerprint density at radius 2 is 2.21 bits per heavy atom.